The lowest BCUT2D eigenvalue weighted by Gasteiger charge is -2.00. The molecule has 1 amide bonds. The standard InChI is InChI=1S/C16H15N3O2/c1-12(20)19-15-8-6-13(7-9-15)10-17-18-11-14-4-2-3-5-16(14)21/h2-11,21H,1H3,(H,19,20)/b17-10-,18-11-. The lowest BCUT2D eigenvalue weighted by Crippen LogP contribution is -2.05. The Morgan fingerprint density at radius 1 is 1.05 bits per heavy atom. The molecule has 2 N–H and O–H groups in total. The summed E-state index contributed by atoms with van der Waals surface area (Å²) in [5.41, 5.74) is 2.20. The molecular weight excluding hydrogens is 266 g/mol. The number of benzene rings is 2. The Morgan fingerprint density at radius 3 is 2.38 bits per heavy atom. The van der Waals surface area contributed by atoms with E-state index < -0.39 is 0 Å². The van der Waals surface area contributed by atoms with Gasteiger partial charge < -0.3 is 10.4 Å². The van der Waals surface area contributed by atoms with Gasteiger partial charge in [-0.25, -0.2) is 0 Å². The summed E-state index contributed by atoms with van der Waals surface area (Å²) in [4.78, 5) is 10.9. The SMILES string of the molecule is CC(=O)Nc1ccc(/C=N\N=C/c2ccccc2O)cc1. The fourth-order valence-corrected chi connectivity index (χ4v) is 1.65. The first kappa shape index (κ1) is 14.5. The molecule has 21 heavy (non-hydrogen) atoms. The molecule has 0 heterocycles. The quantitative estimate of drug-likeness (QED) is 0.668. The van der Waals surface area contributed by atoms with E-state index >= 15 is 0 Å². The predicted octanol–water partition coefficient (Wildman–Crippen LogP) is 2.80. The van der Waals surface area contributed by atoms with E-state index in [0.717, 1.165) is 11.3 Å². The molecule has 0 atom stereocenters. The highest BCUT2D eigenvalue weighted by Gasteiger charge is 1.95. The zero-order chi connectivity index (χ0) is 15.1. The molecule has 0 radical (unpaired) electrons. The first-order chi connectivity index (χ1) is 10.1. The van der Waals surface area contributed by atoms with Gasteiger partial charge in [0.2, 0.25) is 5.91 Å². The summed E-state index contributed by atoms with van der Waals surface area (Å²) in [6, 6.07) is 14.1. The van der Waals surface area contributed by atoms with E-state index in [4.69, 9.17) is 0 Å². The Labute approximate surface area is 122 Å². The second kappa shape index (κ2) is 7.00. The van der Waals surface area contributed by atoms with Crippen molar-refractivity contribution in [2.24, 2.45) is 10.2 Å². The van der Waals surface area contributed by atoms with Crippen molar-refractivity contribution in [3.8, 4) is 5.75 Å². The Balaban J connectivity index is 1.98. The van der Waals surface area contributed by atoms with Crippen molar-refractivity contribution >= 4 is 24.0 Å². The molecule has 0 spiro atoms. The highest BCUT2D eigenvalue weighted by Crippen LogP contribution is 2.12. The second-order valence-electron chi connectivity index (χ2n) is 4.35. The fraction of sp³-hybridized carbons (Fsp3) is 0.0625. The summed E-state index contributed by atoms with van der Waals surface area (Å²) in [7, 11) is 0. The molecule has 5 heteroatoms. The molecule has 0 aromatic heterocycles. The van der Waals surface area contributed by atoms with Gasteiger partial charge in [-0.05, 0) is 29.8 Å². The van der Waals surface area contributed by atoms with Gasteiger partial charge in [0.25, 0.3) is 0 Å². The van der Waals surface area contributed by atoms with E-state index in [2.05, 4.69) is 15.5 Å². The van der Waals surface area contributed by atoms with Crippen LogP contribution in [0.2, 0.25) is 0 Å². The van der Waals surface area contributed by atoms with Crippen LogP contribution in [0.3, 0.4) is 0 Å². The van der Waals surface area contributed by atoms with E-state index in [9.17, 15) is 9.90 Å². The normalized spacial score (nSPS) is 11.1. The van der Waals surface area contributed by atoms with Crippen LogP contribution in [0.25, 0.3) is 0 Å². The highest BCUT2D eigenvalue weighted by molar-refractivity contribution is 5.89. The van der Waals surface area contributed by atoms with Crippen molar-refractivity contribution in [3.63, 3.8) is 0 Å². The van der Waals surface area contributed by atoms with E-state index in [1.807, 2.05) is 18.2 Å². The van der Waals surface area contributed by atoms with Crippen LogP contribution in [-0.4, -0.2) is 23.4 Å². The van der Waals surface area contributed by atoms with Crippen molar-refractivity contribution in [3.05, 3.63) is 59.7 Å². The summed E-state index contributed by atoms with van der Waals surface area (Å²) in [6.07, 6.45) is 3.07. The minimum atomic E-state index is -0.108. The molecular formula is C16H15N3O2. The zero-order valence-corrected chi connectivity index (χ0v) is 11.5. The number of amides is 1. The number of carbonyl (C=O) groups excluding carboxylic acids is 1. The van der Waals surface area contributed by atoms with Crippen molar-refractivity contribution in [1.82, 2.24) is 0 Å². The largest absolute Gasteiger partial charge is 0.507 e. The Bertz CT molecular complexity index is 676. The molecule has 0 unspecified atom stereocenters. The second-order valence-corrected chi connectivity index (χ2v) is 4.35. The molecule has 0 aliphatic carbocycles. The molecule has 5 nitrogen and oxygen atoms in total. The number of hydrogen-bond donors (Lipinski definition) is 2. The number of carbonyl (C=O) groups is 1. The van der Waals surface area contributed by atoms with Gasteiger partial charge in [-0.1, -0.05) is 24.3 Å². The molecule has 0 bridgehead atoms. The smallest absolute Gasteiger partial charge is 0.221 e. The maximum absolute atomic E-state index is 10.9. The third-order valence-corrected chi connectivity index (χ3v) is 2.64. The molecule has 0 saturated carbocycles. The van der Waals surface area contributed by atoms with E-state index in [1.54, 1.807) is 36.5 Å². The van der Waals surface area contributed by atoms with E-state index in [0.29, 0.717) is 5.56 Å². The number of nitrogens with one attached hydrogen (secondary N) is 1. The fourth-order valence-electron chi connectivity index (χ4n) is 1.65. The van der Waals surface area contributed by atoms with Crippen LogP contribution < -0.4 is 5.32 Å². The molecule has 2 aromatic carbocycles. The summed E-state index contributed by atoms with van der Waals surface area (Å²) in [5.74, 6) is 0.0554. The number of hydrogen-bond acceptors (Lipinski definition) is 4. The van der Waals surface area contributed by atoms with Gasteiger partial charge in [0, 0.05) is 18.2 Å². The summed E-state index contributed by atoms with van der Waals surface area (Å²) < 4.78 is 0. The van der Waals surface area contributed by atoms with Crippen molar-refractivity contribution in [1.29, 1.82) is 0 Å². The minimum Gasteiger partial charge on any atom is -0.507 e. The Morgan fingerprint density at radius 2 is 1.71 bits per heavy atom. The maximum atomic E-state index is 10.9. The van der Waals surface area contributed by atoms with Crippen LogP contribution in [0.1, 0.15) is 18.1 Å². The van der Waals surface area contributed by atoms with Crippen LogP contribution >= 0.6 is 0 Å². The number of phenols is 1. The molecule has 0 saturated heterocycles. The van der Waals surface area contributed by atoms with Gasteiger partial charge in [-0.2, -0.15) is 10.2 Å². The van der Waals surface area contributed by atoms with Crippen molar-refractivity contribution in [2.45, 2.75) is 6.92 Å². The van der Waals surface area contributed by atoms with Gasteiger partial charge in [0.15, 0.2) is 0 Å². The number of rotatable bonds is 4. The summed E-state index contributed by atoms with van der Waals surface area (Å²) in [6.45, 7) is 1.46. The lowest BCUT2D eigenvalue weighted by atomic mass is 10.2. The summed E-state index contributed by atoms with van der Waals surface area (Å²) in [5, 5.41) is 20.0. The number of anilines is 1. The third kappa shape index (κ3) is 4.58. The van der Waals surface area contributed by atoms with Crippen LogP contribution in [0, 0.1) is 0 Å². The van der Waals surface area contributed by atoms with E-state index in [1.165, 1.54) is 13.1 Å². The highest BCUT2D eigenvalue weighted by atomic mass is 16.3. The number of aromatic hydroxyl groups is 1. The lowest BCUT2D eigenvalue weighted by molar-refractivity contribution is -0.114. The molecule has 2 rings (SSSR count). The Hall–Kier alpha value is -2.95. The van der Waals surface area contributed by atoms with Gasteiger partial charge in [0.1, 0.15) is 5.75 Å². The maximum Gasteiger partial charge on any atom is 0.221 e. The van der Waals surface area contributed by atoms with Gasteiger partial charge in [0.05, 0.1) is 12.4 Å². The van der Waals surface area contributed by atoms with Crippen LogP contribution in [0.5, 0.6) is 5.75 Å². The monoisotopic (exact) mass is 281 g/mol. The topological polar surface area (TPSA) is 74.0 Å². The summed E-state index contributed by atoms with van der Waals surface area (Å²) >= 11 is 0. The molecule has 0 aliphatic rings. The first-order valence-corrected chi connectivity index (χ1v) is 6.37. The van der Waals surface area contributed by atoms with Crippen LogP contribution in [0.4, 0.5) is 5.69 Å². The van der Waals surface area contributed by atoms with Crippen molar-refractivity contribution < 1.29 is 9.90 Å². The number of phenolic OH excluding ortho intramolecular Hbond substituents is 1. The minimum absolute atomic E-state index is 0.108. The average molecular weight is 281 g/mol. The number of nitrogens with zero attached hydrogens (tertiary/aromatic N) is 2. The third-order valence-electron chi connectivity index (χ3n) is 2.64. The molecule has 0 fully saturated rings. The first-order valence-electron chi connectivity index (χ1n) is 6.37. The van der Waals surface area contributed by atoms with E-state index in [-0.39, 0.29) is 11.7 Å². The van der Waals surface area contributed by atoms with Crippen LogP contribution in [-0.2, 0) is 4.79 Å². The molecule has 106 valence electrons. The number of para-hydroxylation sites is 1. The van der Waals surface area contributed by atoms with Gasteiger partial charge >= 0.3 is 0 Å². The van der Waals surface area contributed by atoms with Crippen LogP contribution in [0.15, 0.2) is 58.7 Å². The molecule has 2 aromatic rings. The van der Waals surface area contributed by atoms with Crippen molar-refractivity contribution in [2.75, 3.05) is 5.32 Å². The average Bonchev–Trinajstić information content (AvgIpc) is 2.46. The zero-order valence-electron chi connectivity index (χ0n) is 11.5. The molecule has 0 aliphatic heterocycles. The predicted molar refractivity (Wildman–Crippen MR) is 84.0 cm³/mol. The van der Waals surface area contributed by atoms with Gasteiger partial charge in [-0.15, -0.1) is 0 Å². The Kier molecular flexibility index (Phi) is 4.82. The van der Waals surface area contributed by atoms with Gasteiger partial charge in [-0.3, -0.25) is 4.79 Å².